The van der Waals surface area contributed by atoms with Gasteiger partial charge in [0, 0.05) is 6.04 Å². The summed E-state index contributed by atoms with van der Waals surface area (Å²) in [7, 11) is 4.45. The molecule has 2 saturated carbocycles. The van der Waals surface area contributed by atoms with Crippen LogP contribution in [0.2, 0.25) is 0 Å². The number of hydrogen-bond acceptors (Lipinski definition) is 1. The van der Waals surface area contributed by atoms with Crippen LogP contribution in [0.25, 0.3) is 0 Å². The van der Waals surface area contributed by atoms with Crippen LogP contribution in [0.5, 0.6) is 0 Å². The lowest BCUT2D eigenvalue weighted by Gasteiger charge is -2.48. The van der Waals surface area contributed by atoms with E-state index in [9.17, 15) is 0 Å². The van der Waals surface area contributed by atoms with Gasteiger partial charge in [-0.05, 0) is 58.0 Å². The standard InChI is InChI=1S/C11H21N/c1-12(2)10-4-8-11(9-5-10)6-3-7-11/h10H,3-9H2,1-2H3. The Kier molecular flexibility index (Phi) is 2.16. The number of rotatable bonds is 1. The quantitative estimate of drug-likeness (QED) is 0.580. The van der Waals surface area contributed by atoms with Gasteiger partial charge in [-0.2, -0.15) is 0 Å². The van der Waals surface area contributed by atoms with E-state index in [-0.39, 0.29) is 0 Å². The van der Waals surface area contributed by atoms with E-state index in [0.717, 1.165) is 11.5 Å². The van der Waals surface area contributed by atoms with Crippen LogP contribution in [0.1, 0.15) is 44.9 Å². The second-order valence-electron chi connectivity index (χ2n) is 5.05. The molecule has 0 saturated heterocycles. The molecule has 0 aromatic heterocycles. The summed E-state index contributed by atoms with van der Waals surface area (Å²) in [6.45, 7) is 0. The monoisotopic (exact) mass is 167 g/mol. The molecule has 0 bridgehead atoms. The zero-order chi connectivity index (χ0) is 8.60. The summed E-state index contributed by atoms with van der Waals surface area (Å²) in [5.74, 6) is 0. The molecule has 12 heavy (non-hydrogen) atoms. The highest BCUT2D eigenvalue weighted by molar-refractivity contribution is 4.93. The first-order valence-electron chi connectivity index (χ1n) is 5.38. The summed E-state index contributed by atoms with van der Waals surface area (Å²) in [6.07, 6.45) is 10.5. The normalized spacial score (nSPS) is 29.2. The lowest BCUT2D eigenvalue weighted by molar-refractivity contribution is 0.0439. The van der Waals surface area contributed by atoms with E-state index in [1.54, 1.807) is 0 Å². The lowest BCUT2D eigenvalue weighted by Crippen LogP contribution is -2.40. The summed E-state index contributed by atoms with van der Waals surface area (Å²) in [4.78, 5) is 2.41. The minimum absolute atomic E-state index is 0.840. The van der Waals surface area contributed by atoms with Crippen LogP contribution in [-0.2, 0) is 0 Å². The zero-order valence-corrected chi connectivity index (χ0v) is 8.47. The Morgan fingerprint density at radius 2 is 1.58 bits per heavy atom. The molecule has 0 aromatic rings. The Hall–Kier alpha value is -0.0400. The number of hydrogen-bond donors (Lipinski definition) is 0. The molecule has 0 radical (unpaired) electrons. The fourth-order valence-electron chi connectivity index (χ4n) is 2.91. The minimum atomic E-state index is 0.840. The van der Waals surface area contributed by atoms with Crippen LogP contribution < -0.4 is 0 Å². The molecular weight excluding hydrogens is 146 g/mol. The Morgan fingerprint density at radius 3 is 1.92 bits per heavy atom. The summed E-state index contributed by atoms with van der Waals surface area (Å²) < 4.78 is 0. The van der Waals surface area contributed by atoms with Gasteiger partial charge in [0.25, 0.3) is 0 Å². The second-order valence-corrected chi connectivity index (χ2v) is 5.05. The largest absolute Gasteiger partial charge is 0.306 e. The Morgan fingerprint density at radius 1 is 1.00 bits per heavy atom. The van der Waals surface area contributed by atoms with Crippen molar-refractivity contribution in [2.75, 3.05) is 14.1 Å². The maximum absolute atomic E-state index is 2.41. The summed E-state index contributed by atoms with van der Waals surface area (Å²) >= 11 is 0. The third-order valence-electron chi connectivity index (χ3n) is 4.16. The van der Waals surface area contributed by atoms with Crippen LogP contribution in [-0.4, -0.2) is 25.0 Å². The van der Waals surface area contributed by atoms with Crippen LogP contribution in [0.3, 0.4) is 0 Å². The Bertz CT molecular complexity index is 148. The van der Waals surface area contributed by atoms with Crippen LogP contribution in [0, 0.1) is 5.41 Å². The average Bonchev–Trinajstić information content (AvgIpc) is 2.02. The summed E-state index contributed by atoms with van der Waals surface area (Å²) in [5, 5.41) is 0. The van der Waals surface area contributed by atoms with E-state index in [4.69, 9.17) is 0 Å². The molecule has 2 aliphatic carbocycles. The summed E-state index contributed by atoms with van der Waals surface area (Å²) in [5.41, 5.74) is 0.840. The molecule has 0 N–H and O–H groups in total. The summed E-state index contributed by atoms with van der Waals surface area (Å²) in [6, 6.07) is 0.885. The Labute approximate surface area is 76.1 Å². The van der Waals surface area contributed by atoms with Crippen molar-refractivity contribution >= 4 is 0 Å². The van der Waals surface area contributed by atoms with Gasteiger partial charge in [0.05, 0.1) is 0 Å². The van der Waals surface area contributed by atoms with Crippen molar-refractivity contribution in [1.82, 2.24) is 4.90 Å². The smallest absolute Gasteiger partial charge is 0.00895 e. The first-order chi connectivity index (χ1) is 5.72. The van der Waals surface area contributed by atoms with Crippen molar-refractivity contribution in [2.45, 2.75) is 51.0 Å². The average molecular weight is 167 g/mol. The second kappa shape index (κ2) is 3.02. The minimum Gasteiger partial charge on any atom is -0.306 e. The van der Waals surface area contributed by atoms with Crippen molar-refractivity contribution in [3.63, 3.8) is 0 Å². The fraction of sp³-hybridized carbons (Fsp3) is 1.00. The first-order valence-corrected chi connectivity index (χ1v) is 5.38. The van der Waals surface area contributed by atoms with Crippen LogP contribution >= 0.6 is 0 Å². The number of nitrogens with zero attached hydrogens (tertiary/aromatic N) is 1. The molecule has 2 rings (SSSR count). The maximum atomic E-state index is 2.41. The van der Waals surface area contributed by atoms with Gasteiger partial charge in [-0.1, -0.05) is 6.42 Å². The molecule has 0 heterocycles. The van der Waals surface area contributed by atoms with Gasteiger partial charge in [0.15, 0.2) is 0 Å². The van der Waals surface area contributed by atoms with E-state index in [2.05, 4.69) is 19.0 Å². The van der Waals surface area contributed by atoms with Gasteiger partial charge < -0.3 is 4.90 Å². The van der Waals surface area contributed by atoms with Gasteiger partial charge in [0.2, 0.25) is 0 Å². The van der Waals surface area contributed by atoms with E-state index in [1.807, 2.05) is 0 Å². The van der Waals surface area contributed by atoms with E-state index in [1.165, 1.54) is 44.9 Å². The maximum Gasteiger partial charge on any atom is 0.00895 e. The van der Waals surface area contributed by atoms with Gasteiger partial charge in [-0.15, -0.1) is 0 Å². The predicted octanol–water partition coefficient (Wildman–Crippen LogP) is 2.66. The van der Waals surface area contributed by atoms with Gasteiger partial charge in [-0.3, -0.25) is 0 Å². The van der Waals surface area contributed by atoms with Crippen molar-refractivity contribution in [3.05, 3.63) is 0 Å². The van der Waals surface area contributed by atoms with Crippen molar-refractivity contribution in [3.8, 4) is 0 Å². The molecular formula is C11H21N. The third-order valence-corrected chi connectivity index (χ3v) is 4.16. The fourth-order valence-corrected chi connectivity index (χ4v) is 2.91. The molecule has 0 amide bonds. The van der Waals surface area contributed by atoms with Gasteiger partial charge in [0.1, 0.15) is 0 Å². The molecule has 70 valence electrons. The highest BCUT2D eigenvalue weighted by Crippen LogP contribution is 2.51. The molecule has 1 spiro atoms. The predicted molar refractivity (Wildman–Crippen MR) is 52.2 cm³/mol. The molecule has 0 aromatic carbocycles. The zero-order valence-electron chi connectivity index (χ0n) is 8.47. The van der Waals surface area contributed by atoms with Crippen molar-refractivity contribution in [2.24, 2.45) is 5.41 Å². The van der Waals surface area contributed by atoms with Crippen molar-refractivity contribution < 1.29 is 0 Å². The van der Waals surface area contributed by atoms with Gasteiger partial charge >= 0.3 is 0 Å². The van der Waals surface area contributed by atoms with Crippen LogP contribution in [0.15, 0.2) is 0 Å². The highest BCUT2D eigenvalue weighted by atomic mass is 15.1. The molecule has 1 heteroatoms. The third kappa shape index (κ3) is 1.39. The SMILES string of the molecule is CN(C)C1CCC2(CCC2)CC1. The highest BCUT2D eigenvalue weighted by Gasteiger charge is 2.40. The van der Waals surface area contributed by atoms with Gasteiger partial charge in [-0.25, -0.2) is 0 Å². The molecule has 0 unspecified atom stereocenters. The topological polar surface area (TPSA) is 3.24 Å². The van der Waals surface area contributed by atoms with Crippen molar-refractivity contribution in [1.29, 1.82) is 0 Å². The molecule has 2 aliphatic rings. The molecule has 1 nitrogen and oxygen atoms in total. The molecule has 2 fully saturated rings. The lowest BCUT2D eigenvalue weighted by atomic mass is 9.60. The first kappa shape index (κ1) is 8.55. The molecule has 0 aliphatic heterocycles. The van der Waals surface area contributed by atoms with Crippen LogP contribution in [0.4, 0.5) is 0 Å². The Balaban J connectivity index is 1.84. The van der Waals surface area contributed by atoms with E-state index < -0.39 is 0 Å². The molecule has 0 atom stereocenters. The van der Waals surface area contributed by atoms with E-state index in [0.29, 0.717) is 0 Å². The van der Waals surface area contributed by atoms with E-state index >= 15 is 0 Å².